The van der Waals surface area contributed by atoms with Gasteiger partial charge in [-0.05, 0) is 28.4 Å². The van der Waals surface area contributed by atoms with Crippen molar-refractivity contribution in [3.63, 3.8) is 0 Å². The van der Waals surface area contributed by atoms with Crippen molar-refractivity contribution >= 4 is 39.1 Å². The molecule has 0 amide bonds. The molecule has 0 bridgehead atoms. The molecule has 1 aromatic rings. The standard InChI is InChI=1S/C11H13BrCl2O4/c1-6-8(13)10(17-4-15-2)7(12)11(9(6)14)18-5-16-3/h4-5H2,1-3H3. The molecule has 0 fully saturated rings. The average molecular weight is 360 g/mol. The first-order valence-electron chi connectivity index (χ1n) is 4.95. The Morgan fingerprint density at radius 3 is 1.67 bits per heavy atom. The Labute approximate surface area is 124 Å². The van der Waals surface area contributed by atoms with E-state index in [4.69, 9.17) is 42.1 Å². The summed E-state index contributed by atoms with van der Waals surface area (Å²) in [4.78, 5) is 0. The molecule has 0 saturated heterocycles. The predicted molar refractivity (Wildman–Crippen MR) is 73.9 cm³/mol. The van der Waals surface area contributed by atoms with Gasteiger partial charge in [0.2, 0.25) is 0 Å². The molecule has 0 atom stereocenters. The molecule has 18 heavy (non-hydrogen) atoms. The van der Waals surface area contributed by atoms with Gasteiger partial charge in [0.25, 0.3) is 0 Å². The second kappa shape index (κ2) is 7.40. The maximum atomic E-state index is 6.16. The van der Waals surface area contributed by atoms with Crippen molar-refractivity contribution in [2.45, 2.75) is 6.92 Å². The molecule has 0 aromatic heterocycles. The van der Waals surface area contributed by atoms with E-state index in [1.54, 1.807) is 6.92 Å². The quantitative estimate of drug-likeness (QED) is 0.718. The molecule has 7 heteroatoms. The van der Waals surface area contributed by atoms with E-state index >= 15 is 0 Å². The van der Waals surface area contributed by atoms with Crippen LogP contribution in [-0.2, 0) is 9.47 Å². The molecule has 1 rings (SSSR count). The van der Waals surface area contributed by atoms with Crippen molar-refractivity contribution in [1.82, 2.24) is 0 Å². The van der Waals surface area contributed by atoms with Gasteiger partial charge in [0, 0.05) is 14.2 Å². The molecule has 0 aliphatic rings. The van der Waals surface area contributed by atoms with Crippen molar-refractivity contribution in [3.8, 4) is 11.5 Å². The number of hydrogen-bond acceptors (Lipinski definition) is 4. The first kappa shape index (κ1) is 15.9. The third-order valence-corrected chi connectivity index (χ3v) is 3.73. The molecule has 0 saturated carbocycles. The van der Waals surface area contributed by atoms with Crippen LogP contribution in [0.2, 0.25) is 10.0 Å². The van der Waals surface area contributed by atoms with Crippen LogP contribution >= 0.6 is 39.1 Å². The van der Waals surface area contributed by atoms with E-state index in [0.29, 0.717) is 31.6 Å². The Bertz CT molecular complexity index is 391. The average Bonchev–Trinajstić information content (AvgIpc) is 2.36. The summed E-state index contributed by atoms with van der Waals surface area (Å²) >= 11 is 15.7. The molecule has 102 valence electrons. The Morgan fingerprint density at radius 2 is 1.33 bits per heavy atom. The van der Waals surface area contributed by atoms with Crippen LogP contribution in [0.1, 0.15) is 5.56 Å². The SMILES string of the molecule is COCOc1c(Cl)c(C)c(Cl)c(OCOC)c1Br. The number of hydrogen-bond donors (Lipinski definition) is 0. The smallest absolute Gasteiger partial charge is 0.188 e. The van der Waals surface area contributed by atoms with Gasteiger partial charge in [0.15, 0.2) is 25.1 Å². The van der Waals surface area contributed by atoms with Gasteiger partial charge < -0.3 is 18.9 Å². The largest absolute Gasteiger partial charge is 0.465 e. The summed E-state index contributed by atoms with van der Waals surface area (Å²) in [5, 5.41) is 0.822. The lowest BCUT2D eigenvalue weighted by Gasteiger charge is -2.17. The second-order valence-corrected chi connectivity index (χ2v) is 4.88. The van der Waals surface area contributed by atoms with Gasteiger partial charge in [-0.2, -0.15) is 0 Å². The maximum Gasteiger partial charge on any atom is 0.188 e. The molecule has 0 N–H and O–H groups in total. The molecule has 0 heterocycles. The topological polar surface area (TPSA) is 36.9 Å². The second-order valence-electron chi connectivity index (χ2n) is 3.33. The Kier molecular flexibility index (Phi) is 6.52. The summed E-state index contributed by atoms with van der Waals surface area (Å²) in [5.41, 5.74) is 0.665. The highest BCUT2D eigenvalue weighted by atomic mass is 79.9. The molecule has 0 spiro atoms. The summed E-state index contributed by atoms with van der Waals surface area (Å²) in [5.74, 6) is 0.845. The summed E-state index contributed by atoms with van der Waals surface area (Å²) in [6.45, 7) is 1.92. The van der Waals surface area contributed by atoms with Gasteiger partial charge in [0.1, 0.15) is 4.47 Å². The minimum Gasteiger partial charge on any atom is -0.465 e. The molecule has 1 aromatic carbocycles. The third kappa shape index (κ3) is 3.42. The first-order valence-corrected chi connectivity index (χ1v) is 6.50. The lowest BCUT2D eigenvalue weighted by atomic mass is 10.2. The lowest BCUT2D eigenvalue weighted by molar-refractivity contribution is 0.0450. The molecule has 4 nitrogen and oxygen atoms in total. The molecule has 0 radical (unpaired) electrons. The maximum absolute atomic E-state index is 6.16. The summed E-state index contributed by atoms with van der Waals surface area (Å²) < 4.78 is 21.0. The highest BCUT2D eigenvalue weighted by molar-refractivity contribution is 9.10. The van der Waals surface area contributed by atoms with E-state index in [1.807, 2.05) is 0 Å². The fourth-order valence-corrected chi connectivity index (χ4v) is 2.61. The first-order chi connectivity index (χ1) is 8.54. The van der Waals surface area contributed by atoms with Crippen molar-refractivity contribution < 1.29 is 18.9 Å². The fraction of sp³-hybridized carbons (Fsp3) is 0.455. The highest BCUT2D eigenvalue weighted by Gasteiger charge is 2.21. The van der Waals surface area contributed by atoms with Crippen LogP contribution in [0.15, 0.2) is 4.47 Å². The molecular formula is C11H13BrCl2O4. The third-order valence-electron chi connectivity index (χ3n) is 2.10. The molecule has 0 unspecified atom stereocenters. The van der Waals surface area contributed by atoms with Gasteiger partial charge in [-0.25, -0.2) is 0 Å². The van der Waals surface area contributed by atoms with Gasteiger partial charge in [-0.15, -0.1) is 0 Å². The van der Waals surface area contributed by atoms with E-state index < -0.39 is 0 Å². The number of ether oxygens (including phenoxy) is 4. The fourth-order valence-electron chi connectivity index (χ4n) is 1.22. The summed E-state index contributed by atoms with van der Waals surface area (Å²) in [6.07, 6.45) is 0. The van der Waals surface area contributed by atoms with Gasteiger partial charge in [-0.1, -0.05) is 23.2 Å². The monoisotopic (exact) mass is 358 g/mol. The van der Waals surface area contributed by atoms with Crippen molar-refractivity contribution in [1.29, 1.82) is 0 Å². The van der Waals surface area contributed by atoms with E-state index in [0.717, 1.165) is 0 Å². The molecule has 0 aliphatic carbocycles. The zero-order valence-electron chi connectivity index (χ0n) is 10.2. The lowest BCUT2D eigenvalue weighted by Crippen LogP contribution is -2.05. The zero-order valence-corrected chi connectivity index (χ0v) is 13.3. The highest BCUT2D eigenvalue weighted by Crippen LogP contribution is 2.47. The Morgan fingerprint density at radius 1 is 0.944 bits per heavy atom. The minimum absolute atomic E-state index is 0.0725. The number of halogens is 3. The van der Waals surface area contributed by atoms with E-state index in [1.165, 1.54) is 14.2 Å². The van der Waals surface area contributed by atoms with Crippen LogP contribution in [0.25, 0.3) is 0 Å². The number of rotatable bonds is 6. The van der Waals surface area contributed by atoms with Crippen LogP contribution in [-0.4, -0.2) is 27.8 Å². The van der Waals surface area contributed by atoms with Crippen molar-refractivity contribution in [2.24, 2.45) is 0 Å². The zero-order chi connectivity index (χ0) is 13.7. The summed E-state index contributed by atoms with van der Waals surface area (Å²) in [7, 11) is 3.04. The van der Waals surface area contributed by atoms with Gasteiger partial charge in [-0.3, -0.25) is 0 Å². The summed E-state index contributed by atoms with van der Waals surface area (Å²) in [6, 6.07) is 0. The van der Waals surface area contributed by atoms with Crippen LogP contribution in [0.5, 0.6) is 11.5 Å². The van der Waals surface area contributed by atoms with Crippen LogP contribution in [0.4, 0.5) is 0 Å². The van der Waals surface area contributed by atoms with Crippen molar-refractivity contribution in [3.05, 3.63) is 20.1 Å². The molecular weight excluding hydrogens is 347 g/mol. The van der Waals surface area contributed by atoms with Crippen molar-refractivity contribution in [2.75, 3.05) is 27.8 Å². The van der Waals surface area contributed by atoms with E-state index in [9.17, 15) is 0 Å². The predicted octanol–water partition coefficient (Wildman–Crippen LogP) is 4.03. The normalized spacial score (nSPS) is 10.6. The number of benzene rings is 1. The van der Waals surface area contributed by atoms with Crippen LogP contribution in [0.3, 0.4) is 0 Å². The van der Waals surface area contributed by atoms with Gasteiger partial charge in [0.05, 0.1) is 10.0 Å². The van der Waals surface area contributed by atoms with E-state index in [-0.39, 0.29) is 13.6 Å². The number of methoxy groups -OCH3 is 2. The minimum atomic E-state index is 0.0725. The van der Waals surface area contributed by atoms with Crippen LogP contribution < -0.4 is 9.47 Å². The Hall–Kier alpha value is -0.200. The van der Waals surface area contributed by atoms with Gasteiger partial charge >= 0.3 is 0 Å². The van der Waals surface area contributed by atoms with E-state index in [2.05, 4.69) is 15.9 Å². The van der Waals surface area contributed by atoms with Crippen LogP contribution in [0, 0.1) is 6.92 Å². The molecule has 0 aliphatic heterocycles. The Balaban J connectivity index is 3.21.